The van der Waals surface area contributed by atoms with Crippen molar-refractivity contribution in [3.05, 3.63) is 176 Å². The summed E-state index contributed by atoms with van der Waals surface area (Å²) >= 11 is 0. The molecule has 9 rings (SSSR count). The van der Waals surface area contributed by atoms with Crippen molar-refractivity contribution in [2.75, 3.05) is 0 Å². The molecular formula is C45H29N3O. The smallest absolute Gasteiger partial charge is 0.160 e. The Labute approximate surface area is 284 Å². The third-order valence-corrected chi connectivity index (χ3v) is 8.95. The maximum atomic E-state index is 6.16. The van der Waals surface area contributed by atoms with E-state index in [0.717, 1.165) is 83.5 Å². The molecule has 0 unspecified atom stereocenters. The van der Waals surface area contributed by atoms with Crippen LogP contribution in [0.15, 0.2) is 180 Å². The SMILES string of the molecule is c1ccc(-c2cc(-c3ccc4oc5ccccc5c4c3)cc(-c3cc(-c4ccccc4-c4ccccn4)nc(-c4ccccc4)n3)c2)cc1. The minimum absolute atomic E-state index is 0.668. The summed E-state index contributed by atoms with van der Waals surface area (Å²) in [6, 6.07) is 58.5. The van der Waals surface area contributed by atoms with E-state index in [-0.39, 0.29) is 0 Å². The van der Waals surface area contributed by atoms with Crippen LogP contribution in [0.25, 0.3) is 89.4 Å². The van der Waals surface area contributed by atoms with Crippen molar-refractivity contribution >= 4 is 21.9 Å². The van der Waals surface area contributed by atoms with Crippen LogP contribution in [0.2, 0.25) is 0 Å². The van der Waals surface area contributed by atoms with Crippen LogP contribution in [0.1, 0.15) is 0 Å². The monoisotopic (exact) mass is 627 g/mol. The highest BCUT2D eigenvalue weighted by Crippen LogP contribution is 2.38. The molecule has 230 valence electrons. The maximum Gasteiger partial charge on any atom is 0.160 e. The Hall–Kier alpha value is -6.65. The summed E-state index contributed by atoms with van der Waals surface area (Å²) in [5.74, 6) is 0.668. The van der Waals surface area contributed by atoms with Gasteiger partial charge in [0.2, 0.25) is 0 Å². The van der Waals surface area contributed by atoms with Crippen molar-refractivity contribution in [3.63, 3.8) is 0 Å². The van der Waals surface area contributed by atoms with Crippen molar-refractivity contribution in [3.8, 4) is 67.4 Å². The van der Waals surface area contributed by atoms with E-state index in [9.17, 15) is 0 Å². The summed E-state index contributed by atoms with van der Waals surface area (Å²) in [4.78, 5) is 15.0. The van der Waals surface area contributed by atoms with Gasteiger partial charge in [-0.05, 0) is 76.9 Å². The van der Waals surface area contributed by atoms with Crippen molar-refractivity contribution in [1.82, 2.24) is 15.0 Å². The average Bonchev–Trinajstić information content (AvgIpc) is 3.57. The largest absolute Gasteiger partial charge is 0.456 e. The van der Waals surface area contributed by atoms with Gasteiger partial charge in [-0.15, -0.1) is 0 Å². The van der Waals surface area contributed by atoms with E-state index >= 15 is 0 Å². The number of nitrogens with zero attached hydrogens (tertiary/aromatic N) is 3. The van der Waals surface area contributed by atoms with Crippen molar-refractivity contribution in [2.24, 2.45) is 0 Å². The first-order valence-corrected chi connectivity index (χ1v) is 16.3. The lowest BCUT2D eigenvalue weighted by atomic mass is 9.93. The van der Waals surface area contributed by atoms with Crippen LogP contribution < -0.4 is 0 Å². The van der Waals surface area contributed by atoms with E-state index in [1.54, 1.807) is 0 Å². The van der Waals surface area contributed by atoms with E-state index in [4.69, 9.17) is 14.4 Å². The molecule has 0 aliphatic rings. The van der Waals surface area contributed by atoms with Crippen molar-refractivity contribution in [1.29, 1.82) is 0 Å². The second-order valence-corrected chi connectivity index (χ2v) is 12.1. The molecule has 3 aromatic heterocycles. The van der Waals surface area contributed by atoms with E-state index in [1.807, 2.05) is 66.9 Å². The number of fused-ring (bicyclic) bond motifs is 3. The molecule has 0 radical (unpaired) electrons. The van der Waals surface area contributed by atoms with E-state index in [2.05, 4.69) is 114 Å². The van der Waals surface area contributed by atoms with Gasteiger partial charge in [-0.3, -0.25) is 4.98 Å². The summed E-state index contributed by atoms with van der Waals surface area (Å²) in [6.07, 6.45) is 1.83. The first-order valence-electron chi connectivity index (χ1n) is 16.3. The van der Waals surface area contributed by atoms with Gasteiger partial charge in [0.15, 0.2) is 5.82 Å². The molecule has 49 heavy (non-hydrogen) atoms. The molecule has 0 fully saturated rings. The number of para-hydroxylation sites is 1. The lowest BCUT2D eigenvalue weighted by molar-refractivity contribution is 0.669. The lowest BCUT2D eigenvalue weighted by Crippen LogP contribution is -1.98. The van der Waals surface area contributed by atoms with E-state index < -0.39 is 0 Å². The molecule has 0 saturated heterocycles. The summed E-state index contributed by atoms with van der Waals surface area (Å²) < 4.78 is 6.16. The van der Waals surface area contributed by atoms with Crippen LogP contribution in [-0.2, 0) is 0 Å². The first kappa shape index (κ1) is 28.6. The van der Waals surface area contributed by atoms with Gasteiger partial charge in [0, 0.05) is 39.2 Å². The second kappa shape index (κ2) is 12.2. The molecule has 9 aromatic rings. The number of benzene rings is 6. The van der Waals surface area contributed by atoms with Crippen LogP contribution in [0.4, 0.5) is 0 Å². The topological polar surface area (TPSA) is 51.8 Å². The Bertz CT molecular complexity index is 2590. The van der Waals surface area contributed by atoms with Gasteiger partial charge in [0.05, 0.1) is 17.1 Å². The molecule has 4 nitrogen and oxygen atoms in total. The standard InChI is InChI=1S/C45H29N3O/c1-3-13-30(14-4-1)33-25-34(32-22-23-44-39(28-32)38-19-9-10-21-43(38)49-44)27-35(26-33)41-29-42(48-45(47-41)31-15-5-2-6-16-31)37-18-8-7-17-36(37)40-20-11-12-24-46-40/h1-29H. The molecule has 0 aliphatic heterocycles. The van der Waals surface area contributed by atoms with Gasteiger partial charge in [0.1, 0.15) is 11.2 Å². The number of aromatic nitrogens is 3. The minimum atomic E-state index is 0.668. The van der Waals surface area contributed by atoms with Crippen LogP contribution in [-0.4, -0.2) is 15.0 Å². The first-order chi connectivity index (χ1) is 24.3. The number of furan rings is 1. The van der Waals surface area contributed by atoms with Gasteiger partial charge in [0.25, 0.3) is 0 Å². The predicted molar refractivity (Wildman–Crippen MR) is 200 cm³/mol. The molecule has 0 bridgehead atoms. The van der Waals surface area contributed by atoms with Crippen molar-refractivity contribution in [2.45, 2.75) is 0 Å². The second-order valence-electron chi connectivity index (χ2n) is 12.1. The Morgan fingerprint density at radius 3 is 1.73 bits per heavy atom. The Morgan fingerprint density at radius 2 is 0.959 bits per heavy atom. The quantitative estimate of drug-likeness (QED) is 0.184. The zero-order valence-electron chi connectivity index (χ0n) is 26.5. The zero-order chi connectivity index (χ0) is 32.6. The molecule has 0 atom stereocenters. The predicted octanol–water partition coefficient (Wildman–Crippen LogP) is 11.8. The molecule has 0 saturated carbocycles. The fraction of sp³-hybridized carbons (Fsp3) is 0. The van der Waals surface area contributed by atoms with Crippen LogP contribution in [0, 0.1) is 0 Å². The molecule has 6 aromatic carbocycles. The highest BCUT2D eigenvalue weighted by atomic mass is 16.3. The molecule has 0 spiro atoms. The summed E-state index contributed by atoms with van der Waals surface area (Å²) in [5, 5.41) is 2.21. The summed E-state index contributed by atoms with van der Waals surface area (Å²) in [6.45, 7) is 0. The highest BCUT2D eigenvalue weighted by Gasteiger charge is 2.17. The average molecular weight is 628 g/mol. The molecule has 0 N–H and O–H groups in total. The Kier molecular flexibility index (Phi) is 7.10. The molecular weight excluding hydrogens is 599 g/mol. The van der Waals surface area contributed by atoms with Gasteiger partial charge in [-0.2, -0.15) is 0 Å². The number of rotatable bonds is 6. The lowest BCUT2D eigenvalue weighted by Gasteiger charge is -2.14. The highest BCUT2D eigenvalue weighted by molar-refractivity contribution is 6.06. The third kappa shape index (κ3) is 5.45. The van der Waals surface area contributed by atoms with Gasteiger partial charge in [-0.25, -0.2) is 9.97 Å². The molecule has 0 aliphatic carbocycles. The van der Waals surface area contributed by atoms with E-state index in [1.165, 1.54) is 0 Å². The van der Waals surface area contributed by atoms with Gasteiger partial charge < -0.3 is 4.42 Å². The van der Waals surface area contributed by atoms with Crippen molar-refractivity contribution < 1.29 is 4.42 Å². The number of hydrogen-bond acceptors (Lipinski definition) is 4. The molecule has 3 heterocycles. The Balaban J connectivity index is 1.27. The van der Waals surface area contributed by atoms with Crippen LogP contribution in [0.5, 0.6) is 0 Å². The van der Waals surface area contributed by atoms with Gasteiger partial charge in [-0.1, -0.05) is 115 Å². The number of hydrogen-bond donors (Lipinski definition) is 0. The van der Waals surface area contributed by atoms with E-state index in [0.29, 0.717) is 5.82 Å². The van der Waals surface area contributed by atoms with Crippen LogP contribution in [0.3, 0.4) is 0 Å². The zero-order valence-corrected chi connectivity index (χ0v) is 26.5. The maximum absolute atomic E-state index is 6.16. The van der Waals surface area contributed by atoms with Gasteiger partial charge >= 0.3 is 0 Å². The molecule has 4 heteroatoms. The Morgan fingerprint density at radius 1 is 0.347 bits per heavy atom. The fourth-order valence-electron chi connectivity index (χ4n) is 6.55. The minimum Gasteiger partial charge on any atom is -0.456 e. The fourth-order valence-corrected chi connectivity index (χ4v) is 6.55. The summed E-state index contributed by atoms with van der Waals surface area (Å²) in [7, 11) is 0. The normalized spacial score (nSPS) is 11.3. The summed E-state index contributed by atoms with van der Waals surface area (Å²) in [5.41, 5.74) is 12.8. The molecule has 0 amide bonds. The van der Waals surface area contributed by atoms with Crippen LogP contribution >= 0.6 is 0 Å². The number of pyridine rings is 1. The third-order valence-electron chi connectivity index (χ3n) is 8.95.